The van der Waals surface area contributed by atoms with Crippen LogP contribution in [0.5, 0.6) is 23.0 Å². The van der Waals surface area contributed by atoms with Crippen LogP contribution in [0.15, 0.2) is 133 Å². The van der Waals surface area contributed by atoms with E-state index in [9.17, 15) is 4.57 Å². The maximum absolute atomic E-state index is 15.0. The van der Waals surface area contributed by atoms with E-state index >= 15 is 0 Å². The second kappa shape index (κ2) is 17.3. The number of ether oxygens (including phenoxy) is 4. The van der Waals surface area contributed by atoms with Gasteiger partial charge in [-0.15, -0.1) is 0 Å². The molecule has 7 nitrogen and oxygen atoms in total. The molecule has 9 heteroatoms. The third kappa shape index (κ3) is 7.49. The Kier molecular flexibility index (Phi) is 12.3. The minimum Gasteiger partial charge on any atom is -0.496 e. The zero-order valence-corrected chi connectivity index (χ0v) is 32.7. The summed E-state index contributed by atoms with van der Waals surface area (Å²) < 4.78 is 51.3. The summed E-state index contributed by atoms with van der Waals surface area (Å²) in [5.74, 6) is 2.57. The highest BCUT2D eigenvalue weighted by Gasteiger charge is 2.37. The third-order valence-corrected chi connectivity index (χ3v) is 13.9. The van der Waals surface area contributed by atoms with Crippen molar-refractivity contribution in [1.82, 2.24) is 0 Å². The van der Waals surface area contributed by atoms with Crippen LogP contribution in [0, 0.1) is 0 Å². The fraction of sp³-hybridized carbons (Fsp3) is 0.182. The van der Waals surface area contributed by atoms with E-state index in [2.05, 4.69) is 48.5 Å². The van der Waals surface area contributed by atoms with Gasteiger partial charge in [0, 0.05) is 10.6 Å². The number of benzene rings is 6. The molecule has 6 rings (SSSR count). The molecule has 1 atom stereocenters. The van der Waals surface area contributed by atoms with Crippen LogP contribution >= 0.6 is 15.5 Å². The molecule has 6 aromatic carbocycles. The smallest absolute Gasteiger partial charge is 0.361 e. The predicted octanol–water partition coefficient (Wildman–Crippen LogP) is 9.37. The molecule has 0 radical (unpaired) electrons. The van der Waals surface area contributed by atoms with E-state index in [-0.39, 0.29) is 13.2 Å². The van der Waals surface area contributed by atoms with Crippen LogP contribution in [0.3, 0.4) is 0 Å². The molecule has 0 spiro atoms. The highest BCUT2D eigenvalue weighted by Crippen LogP contribution is 2.53. The van der Waals surface area contributed by atoms with Crippen molar-refractivity contribution in [2.24, 2.45) is 0 Å². The summed E-state index contributed by atoms with van der Waals surface area (Å²) in [4.78, 5) is 0. The lowest BCUT2D eigenvalue weighted by atomic mass is 9.96. The Morgan fingerprint density at radius 3 is 1.38 bits per heavy atom. The Labute approximate surface area is 313 Å². The summed E-state index contributed by atoms with van der Waals surface area (Å²) in [6, 6.07) is 44.3. The van der Waals surface area contributed by atoms with Crippen LogP contribution in [0.1, 0.15) is 13.8 Å². The van der Waals surface area contributed by atoms with Crippen LogP contribution in [0.2, 0.25) is 0 Å². The Bertz CT molecular complexity index is 2090. The summed E-state index contributed by atoms with van der Waals surface area (Å²) in [7, 11) is 1.23. The molecule has 0 saturated heterocycles. The Hall–Kier alpha value is -4.90. The molecule has 0 heterocycles. The molecule has 272 valence electrons. The van der Waals surface area contributed by atoms with Gasteiger partial charge in [0.15, 0.2) is 0 Å². The van der Waals surface area contributed by atoms with Gasteiger partial charge in [0.25, 0.3) is 0 Å². The van der Waals surface area contributed by atoms with Gasteiger partial charge in [-0.1, -0.05) is 103 Å². The summed E-state index contributed by atoms with van der Waals surface area (Å²) in [5.41, 5.74) is 5.39. The zero-order valence-electron chi connectivity index (χ0n) is 30.9. The average Bonchev–Trinajstić information content (AvgIpc) is 3.21. The molecule has 53 heavy (non-hydrogen) atoms. The van der Waals surface area contributed by atoms with Crippen LogP contribution in [0.4, 0.5) is 0 Å². The van der Waals surface area contributed by atoms with E-state index in [0.29, 0.717) is 28.3 Å². The standard InChI is InChI=1S/C44H44O7P2/c1-7-50-53(45,51-8-2)41-30-15-14-29-40(41)52(39-28-13-12-21-32(39)31-19-10-9-11-20-31)44-33(42-35(46-3)24-17-25-36(42)47-4)22-16-23-34(44)43-37(48-5)26-18-27-38(43)49-6/h9-30H,7-8H2,1-6H3. The molecule has 1 unspecified atom stereocenters. The first-order chi connectivity index (χ1) is 25.9. The van der Waals surface area contributed by atoms with Gasteiger partial charge in [0.05, 0.1) is 58.1 Å². The molecule has 0 bridgehead atoms. The molecule has 0 amide bonds. The first-order valence-corrected chi connectivity index (χ1v) is 20.3. The number of hydrogen-bond acceptors (Lipinski definition) is 7. The number of hydrogen-bond donors (Lipinski definition) is 0. The number of methoxy groups -OCH3 is 4. The van der Waals surface area contributed by atoms with Gasteiger partial charge in [-0.2, -0.15) is 0 Å². The second-order valence-corrected chi connectivity index (χ2v) is 15.9. The van der Waals surface area contributed by atoms with Crippen molar-refractivity contribution in [3.05, 3.63) is 133 Å². The topological polar surface area (TPSA) is 72.5 Å². The Balaban J connectivity index is 1.87. The van der Waals surface area contributed by atoms with Crippen molar-refractivity contribution in [2.45, 2.75) is 13.8 Å². The number of rotatable bonds is 15. The van der Waals surface area contributed by atoms with Gasteiger partial charge in [-0.05, 0) is 79.7 Å². The largest absolute Gasteiger partial charge is 0.496 e. The lowest BCUT2D eigenvalue weighted by Crippen LogP contribution is -2.34. The van der Waals surface area contributed by atoms with Gasteiger partial charge >= 0.3 is 7.60 Å². The zero-order chi connectivity index (χ0) is 37.4. The van der Waals surface area contributed by atoms with Crippen molar-refractivity contribution in [1.29, 1.82) is 0 Å². The Morgan fingerprint density at radius 1 is 0.472 bits per heavy atom. The summed E-state index contributed by atoms with van der Waals surface area (Å²) in [6.07, 6.45) is 0. The molecular weight excluding hydrogens is 702 g/mol. The van der Waals surface area contributed by atoms with Gasteiger partial charge in [0.2, 0.25) is 0 Å². The minimum absolute atomic E-state index is 0.211. The van der Waals surface area contributed by atoms with E-state index in [0.717, 1.165) is 49.3 Å². The molecule has 0 aromatic heterocycles. The lowest BCUT2D eigenvalue weighted by Gasteiger charge is -2.31. The fourth-order valence-electron chi connectivity index (χ4n) is 6.72. The first-order valence-electron chi connectivity index (χ1n) is 17.4. The molecule has 0 aliphatic carbocycles. The van der Waals surface area contributed by atoms with E-state index < -0.39 is 15.5 Å². The van der Waals surface area contributed by atoms with Crippen molar-refractivity contribution in [3.63, 3.8) is 0 Å². The quantitative estimate of drug-likeness (QED) is 0.0971. The van der Waals surface area contributed by atoms with Crippen LogP contribution in [0.25, 0.3) is 33.4 Å². The van der Waals surface area contributed by atoms with E-state index in [1.807, 2.05) is 98.8 Å². The summed E-state index contributed by atoms with van der Waals surface area (Å²) in [5, 5.41) is 3.32. The van der Waals surface area contributed by atoms with Crippen LogP contribution < -0.4 is 40.2 Å². The van der Waals surface area contributed by atoms with Crippen molar-refractivity contribution in [2.75, 3.05) is 41.7 Å². The average molecular weight is 747 g/mol. The molecule has 0 saturated carbocycles. The maximum atomic E-state index is 15.0. The SMILES string of the molecule is CCOP(=O)(OCC)c1ccccc1P(c1ccccc1-c1ccccc1)c1c(-c2c(OC)cccc2OC)cccc1-c1c(OC)cccc1OC. The molecule has 0 aliphatic rings. The van der Waals surface area contributed by atoms with Crippen LogP contribution in [-0.2, 0) is 13.6 Å². The Morgan fingerprint density at radius 2 is 0.887 bits per heavy atom. The second-order valence-electron chi connectivity index (χ2n) is 11.8. The fourth-order valence-corrected chi connectivity index (χ4v) is 11.9. The first kappa shape index (κ1) is 37.8. The van der Waals surface area contributed by atoms with Crippen molar-refractivity contribution >= 4 is 36.7 Å². The van der Waals surface area contributed by atoms with Crippen molar-refractivity contribution < 1.29 is 32.6 Å². The van der Waals surface area contributed by atoms with E-state index in [1.54, 1.807) is 28.4 Å². The lowest BCUT2D eigenvalue weighted by molar-refractivity contribution is 0.230. The molecule has 0 N–H and O–H groups in total. The van der Waals surface area contributed by atoms with Gasteiger partial charge in [-0.3, -0.25) is 4.57 Å². The molecular formula is C44H44O7P2. The molecule has 6 aromatic rings. The highest BCUT2D eigenvalue weighted by atomic mass is 31.2. The normalized spacial score (nSPS) is 11.9. The third-order valence-electron chi connectivity index (χ3n) is 8.90. The summed E-state index contributed by atoms with van der Waals surface area (Å²) in [6.45, 7) is 4.08. The van der Waals surface area contributed by atoms with E-state index in [1.165, 1.54) is 0 Å². The predicted molar refractivity (Wildman–Crippen MR) is 218 cm³/mol. The highest BCUT2D eigenvalue weighted by molar-refractivity contribution is 7.82. The van der Waals surface area contributed by atoms with Gasteiger partial charge < -0.3 is 28.0 Å². The van der Waals surface area contributed by atoms with Crippen molar-refractivity contribution in [3.8, 4) is 56.4 Å². The molecule has 0 fully saturated rings. The molecule has 0 aliphatic heterocycles. The minimum atomic E-state index is -3.81. The van der Waals surface area contributed by atoms with Gasteiger partial charge in [0.1, 0.15) is 23.0 Å². The monoisotopic (exact) mass is 746 g/mol. The van der Waals surface area contributed by atoms with Crippen LogP contribution in [-0.4, -0.2) is 41.7 Å². The van der Waals surface area contributed by atoms with E-state index in [4.69, 9.17) is 28.0 Å². The maximum Gasteiger partial charge on any atom is 0.361 e. The summed E-state index contributed by atoms with van der Waals surface area (Å²) >= 11 is 0. The van der Waals surface area contributed by atoms with Gasteiger partial charge in [-0.25, -0.2) is 0 Å².